The highest BCUT2D eigenvalue weighted by Gasteiger charge is 2.18. The molecule has 0 aliphatic rings. The molecule has 2 aromatic carbocycles. The van der Waals surface area contributed by atoms with Crippen LogP contribution in [0.25, 0.3) is 0 Å². The van der Waals surface area contributed by atoms with Gasteiger partial charge in [0, 0.05) is 6.07 Å². The molecule has 2 aromatic rings. The number of halogens is 2. The Balaban J connectivity index is 2.42. The number of nitrogen functional groups attached to an aromatic ring is 1. The molecule has 7 heteroatoms. The maximum Gasteiger partial charge on any atom is 0.261 e. The van der Waals surface area contributed by atoms with Crippen molar-refractivity contribution in [1.82, 2.24) is 0 Å². The van der Waals surface area contributed by atoms with Crippen LogP contribution in [-0.2, 0) is 10.0 Å². The van der Waals surface area contributed by atoms with E-state index in [9.17, 15) is 17.2 Å². The fourth-order valence-electron chi connectivity index (χ4n) is 1.73. The first kappa shape index (κ1) is 15.2. The molecule has 0 bridgehead atoms. The molecule has 2 rings (SSSR count). The first-order chi connectivity index (χ1) is 9.70. The quantitative estimate of drug-likeness (QED) is 0.856. The minimum absolute atomic E-state index is 0.00658. The maximum absolute atomic E-state index is 13.6. The smallest absolute Gasteiger partial charge is 0.261 e. The van der Waals surface area contributed by atoms with Gasteiger partial charge >= 0.3 is 0 Å². The summed E-state index contributed by atoms with van der Waals surface area (Å²) < 4.78 is 53.1. The molecular formula is C14H14F2N2O2S. The van der Waals surface area contributed by atoms with Gasteiger partial charge in [0.25, 0.3) is 10.0 Å². The molecule has 0 heterocycles. The molecule has 0 unspecified atom stereocenters. The van der Waals surface area contributed by atoms with E-state index >= 15 is 0 Å². The molecule has 3 N–H and O–H groups in total. The number of benzene rings is 2. The molecule has 21 heavy (non-hydrogen) atoms. The van der Waals surface area contributed by atoms with Crippen LogP contribution >= 0.6 is 0 Å². The van der Waals surface area contributed by atoms with E-state index in [1.165, 1.54) is 12.1 Å². The highest BCUT2D eigenvalue weighted by Crippen LogP contribution is 2.24. The van der Waals surface area contributed by atoms with E-state index in [1.54, 1.807) is 13.0 Å². The van der Waals surface area contributed by atoms with Gasteiger partial charge in [-0.25, -0.2) is 17.2 Å². The third-order valence-electron chi connectivity index (χ3n) is 3.12. The van der Waals surface area contributed by atoms with Gasteiger partial charge in [-0.3, -0.25) is 4.72 Å². The molecule has 0 aliphatic heterocycles. The number of anilines is 2. The van der Waals surface area contributed by atoms with Crippen molar-refractivity contribution >= 4 is 21.4 Å². The first-order valence-electron chi connectivity index (χ1n) is 6.05. The number of sulfonamides is 1. The van der Waals surface area contributed by atoms with Gasteiger partial charge in [-0.2, -0.15) is 0 Å². The molecule has 0 fully saturated rings. The van der Waals surface area contributed by atoms with Gasteiger partial charge in [0.1, 0.15) is 11.6 Å². The predicted molar refractivity (Wildman–Crippen MR) is 77.5 cm³/mol. The van der Waals surface area contributed by atoms with Crippen LogP contribution in [0.4, 0.5) is 20.2 Å². The lowest BCUT2D eigenvalue weighted by atomic mass is 10.1. The normalized spacial score (nSPS) is 11.4. The van der Waals surface area contributed by atoms with E-state index < -0.39 is 27.3 Å². The Morgan fingerprint density at radius 3 is 2.29 bits per heavy atom. The van der Waals surface area contributed by atoms with Crippen molar-refractivity contribution in [1.29, 1.82) is 0 Å². The number of aryl methyl sites for hydroxylation is 2. The van der Waals surface area contributed by atoms with E-state index in [4.69, 9.17) is 5.73 Å². The second kappa shape index (κ2) is 5.33. The van der Waals surface area contributed by atoms with Gasteiger partial charge in [-0.15, -0.1) is 0 Å². The summed E-state index contributed by atoms with van der Waals surface area (Å²) in [7, 11) is -3.97. The SMILES string of the molecule is Cc1ccc(S(=O)(=O)Nc2cc(N)c(F)cc2F)cc1C. The zero-order valence-corrected chi connectivity index (χ0v) is 12.3. The van der Waals surface area contributed by atoms with Crippen LogP contribution in [0.5, 0.6) is 0 Å². The number of hydrogen-bond donors (Lipinski definition) is 2. The van der Waals surface area contributed by atoms with Crippen LogP contribution in [0.1, 0.15) is 11.1 Å². The van der Waals surface area contributed by atoms with Gasteiger partial charge in [0.15, 0.2) is 0 Å². The molecule has 0 amide bonds. The van der Waals surface area contributed by atoms with Crippen LogP contribution in [0.15, 0.2) is 35.2 Å². The third kappa shape index (κ3) is 3.13. The first-order valence-corrected chi connectivity index (χ1v) is 7.53. The second-order valence-electron chi connectivity index (χ2n) is 4.71. The Hall–Kier alpha value is -2.15. The monoisotopic (exact) mass is 312 g/mol. The molecule has 0 radical (unpaired) electrons. The van der Waals surface area contributed by atoms with Gasteiger partial charge in [-0.05, 0) is 43.2 Å². The summed E-state index contributed by atoms with van der Waals surface area (Å²) in [6.45, 7) is 3.62. The van der Waals surface area contributed by atoms with Crippen LogP contribution in [0.3, 0.4) is 0 Å². The average molecular weight is 312 g/mol. The van der Waals surface area contributed by atoms with Gasteiger partial charge in [0.2, 0.25) is 0 Å². The van der Waals surface area contributed by atoms with E-state index in [0.29, 0.717) is 6.07 Å². The standard InChI is InChI=1S/C14H14F2N2O2S/c1-8-3-4-10(5-9(8)2)21(19,20)18-14-7-13(17)11(15)6-12(14)16/h3-7,18H,17H2,1-2H3. The Morgan fingerprint density at radius 1 is 1.00 bits per heavy atom. The van der Waals surface area contributed by atoms with E-state index in [0.717, 1.165) is 17.2 Å². The summed E-state index contributed by atoms with van der Waals surface area (Å²) in [5.41, 5.74) is 6.30. The van der Waals surface area contributed by atoms with Crippen molar-refractivity contribution in [3.8, 4) is 0 Å². The molecule has 0 spiro atoms. The van der Waals surface area contributed by atoms with Crippen LogP contribution in [-0.4, -0.2) is 8.42 Å². The summed E-state index contributed by atoms with van der Waals surface area (Å²) in [5, 5.41) is 0. The molecule has 112 valence electrons. The largest absolute Gasteiger partial charge is 0.396 e. The van der Waals surface area contributed by atoms with Crippen LogP contribution in [0, 0.1) is 25.5 Å². The summed E-state index contributed by atoms with van der Waals surface area (Å²) in [6, 6.07) is 5.98. The highest BCUT2D eigenvalue weighted by atomic mass is 32.2. The van der Waals surface area contributed by atoms with Gasteiger partial charge in [0.05, 0.1) is 16.3 Å². The van der Waals surface area contributed by atoms with Crippen molar-refractivity contribution in [3.63, 3.8) is 0 Å². The summed E-state index contributed by atoms with van der Waals surface area (Å²) >= 11 is 0. The fraction of sp³-hybridized carbons (Fsp3) is 0.143. The number of hydrogen-bond acceptors (Lipinski definition) is 3. The minimum Gasteiger partial charge on any atom is -0.396 e. The Bertz CT molecular complexity index is 805. The lowest BCUT2D eigenvalue weighted by Crippen LogP contribution is -2.14. The Morgan fingerprint density at radius 2 is 1.67 bits per heavy atom. The molecule has 0 aliphatic carbocycles. The van der Waals surface area contributed by atoms with Crippen molar-refractivity contribution in [3.05, 3.63) is 53.1 Å². The van der Waals surface area contributed by atoms with Gasteiger partial charge < -0.3 is 5.73 Å². The molecule has 0 saturated carbocycles. The average Bonchev–Trinajstić information content (AvgIpc) is 2.39. The van der Waals surface area contributed by atoms with Crippen molar-refractivity contribution in [2.75, 3.05) is 10.5 Å². The Labute approximate surface area is 121 Å². The second-order valence-corrected chi connectivity index (χ2v) is 6.39. The molecule has 4 nitrogen and oxygen atoms in total. The Kier molecular flexibility index (Phi) is 3.87. The highest BCUT2D eigenvalue weighted by molar-refractivity contribution is 7.92. The lowest BCUT2D eigenvalue weighted by Gasteiger charge is -2.11. The summed E-state index contributed by atoms with van der Waals surface area (Å²) in [4.78, 5) is -0.00658. The van der Waals surface area contributed by atoms with Crippen LogP contribution < -0.4 is 10.5 Å². The minimum atomic E-state index is -3.97. The van der Waals surface area contributed by atoms with Crippen molar-refractivity contribution < 1.29 is 17.2 Å². The van der Waals surface area contributed by atoms with Crippen molar-refractivity contribution in [2.24, 2.45) is 0 Å². The molecular weight excluding hydrogens is 298 g/mol. The topological polar surface area (TPSA) is 72.2 Å². The van der Waals surface area contributed by atoms with Crippen LogP contribution in [0.2, 0.25) is 0 Å². The van der Waals surface area contributed by atoms with E-state index in [1.807, 2.05) is 6.92 Å². The lowest BCUT2D eigenvalue weighted by molar-refractivity contribution is 0.585. The summed E-state index contributed by atoms with van der Waals surface area (Å²) in [6.07, 6.45) is 0. The predicted octanol–water partition coefficient (Wildman–Crippen LogP) is 2.96. The fourth-order valence-corrected chi connectivity index (χ4v) is 2.87. The molecule has 0 saturated heterocycles. The third-order valence-corrected chi connectivity index (χ3v) is 4.48. The van der Waals surface area contributed by atoms with E-state index in [2.05, 4.69) is 4.72 Å². The zero-order valence-electron chi connectivity index (χ0n) is 11.4. The zero-order chi connectivity index (χ0) is 15.8. The summed E-state index contributed by atoms with van der Waals surface area (Å²) in [5.74, 6) is -1.98. The number of nitrogens with two attached hydrogens (primary N) is 1. The van der Waals surface area contributed by atoms with Gasteiger partial charge in [-0.1, -0.05) is 6.07 Å². The molecule has 0 atom stereocenters. The maximum atomic E-state index is 13.6. The molecule has 0 aromatic heterocycles. The van der Waals surface area contributed by atoms with E-state index in [-0.39, 0.29) is 10.6 Å². The number of rotatable bonds is 3. The number of nitrogens with one attached hydrogen (secondary N) is 1. The van der Waals surface area contributed by atoms with Crippen molar-refractivity contribution in [2.45, 2.75) is 18.7 Å².